The van der Waals surface area contributed by atoms with E-state index in [-0.39, 0.29) is 18.7 Å². The lowest BCUT2D eigenvalue weighted by Crippen LogP contribution is -2.59. The summed E-state index contributed by atoms with van der Waals surface area (Å²) in [6.07, 6.45) is 6.87. The number of aliphatic hydroxyl groups excluding tert-OH is 1. The summed E-state index contributed by atoms with van der Waals surface area (Å²) >= 11 is 3.53. The molecule has 3 rings (SSSR count). The Hall–Kier alpha value is -0.910. The molecule has 5 heteroatoms. The number of halogens is 1. The number of alkyl halides is 1. The minimum atomic E-state index is -0.574. The molecule has 1 aromatic rings. The molecule has 2 fully saturated rings. The number of piperidine rings is 1. The summed E-state index contributed by atoms with van der Waals surface area (Å²) in [5.41, 5.74) is 0.828. The predicted octanol–water partition coefficient (Wildman–Crippen LogP) is 3.62. The normalized spacial score (nSPS) is 31.6. The van der Waals surface area contributed by atoms with Gasteiger partial charge in [0.05, 0.1) is 32.3 Å². The Bertz CT molecular complexity index is 580. The number of ether oxygens (including phenoxy) is 1. The summed E-state index contributed by atoms with van der Waals surface area (Å²) in [5, 5.41) is 10.8. The van der Waals surface area contributed by atoms with Crippen LogP contribution in [0.25, 0.3) is 0 Å². The molecule has 144 valence electrons. The van der Waals surface area contributed by atoms with Gasteiger partial charge in [-0.25, -0.2) is 0 Å². The van der Waals surface area contributed by atoms with E-state index < -0.39 is 5.92 Å². The fraction of sp³-hybridized carbons (Fsp3) is 0.667. The third-order valence-corrected chi connectivity index (χ3v) is 7.11. The summed E-state index contributed by atoms with van der Waals surface area (Å²) in [5.74, 6) is -0.853. The molecule has 2 unspecified atom stereocenters. The van der Waals surface area contributed by atoms with Gasteiger partial charge in [0.15, 0.2) is 0 Å². The summed E-state index contributed by atoms with van der Waals surface area (Å²) in [6.45, 7) is 1.02. The zero-order valence-corrected chi connectivity index (χ0v) is 17.2. The molecule has 1 N–H and O–H groups in total. The number of quaternary nitrogens is 1. The largest absolute Gasteiger partial charge is 0.461 e. The van der Waals surface area contributed by atoms with Gasteiger partial charge in [0, 0.05) is 31.0 Å². The molecule has 1 aromatic carbocycles. The topological polar surface area (TPSA) is 46.5 Å². The number of fused-ring (bicyclic) bond motifs is 2. The second-order valence-corrected chi connectivity index (χ2v) is 8.82. The lowest BCUT2D eigenvalue weighted by atomic mass is 9.95. The van der Waals surface area contributed by atoms with E-state index in [4.69, 9.17) is 4.74 Å². The second kappa shape index (κ2) is 8.85. The van der Waals surface area contributed by atoms with Crippen LogP contribution < -0.4 is 0 Å². The maximum Gasteiger partial charge on any atom is 0.316 e. The monoisotopic (exact) mass is 424 g/mol. The van der Waals surface area contributed by atoms with Crippen molar-refractivity contribution in [3.63, 3.8) is 0 Å². The van der Waals surface area contributed by atoms with Gasteiger partial charge in [0.2, 0.25) is 0 Å². The predicted molar refractivity (Wildman–Crippen MR) is 106 cm³/mol. The molecule has 0 saturated carbocycles. The number of esters is 1. The van der Waals surface area contributed by atoms with Crippen molar-refractivity contribution in [1.29, 1.82) is 0 Å². The number of nitrogens with zero attached hydrogens (tertiary/aromatic N) is 1. The fourth-order valence-corrected chi connectivity index (χ4v) is 5.35. The second-order valence-electron chi connectivity index (χ2n) is 8.03. The van der Waals surface area contributed by atoms with Crippen molar-refractivity contribution in [2.75, 3.05) is 25.5 Å². The van der Waals surface area contributed by atoms with E-state index in [1.54, 1.807) is 0 Å². The van der Waals surface area contributed by atoms with Gasteiger partial charge < -0.3 is 14.3 Å². The number of benzene rings is 1. The molecular weight excluding hydrogens is 394 g/mol. The van der Waals surface area contributed by atoms with Crippen LogP contribution in [0.15, 0.2) is 30.3 Å². The van der Waals surface area contributed by atoms with E-state index >= 15 is 0 Å². The molecule has 4 nitrogen and oxygen atoms in total. The van der Waals surface area contributed by atoms with Crippen LogP contribution in [0.4, 0.5) is 0 Å². The van der Waals surface area contributed by atoms with E-state index in [2.05, 4.69) is 23.0 Å². The van der Waals surface area contributed by atoms with Crippen LogP contribution in [-0.4, -0.2) is 59.3 Å². The lowest BCUT2D eigenvalue weighted by molar-refractivity contribution is -0.949. The summed E-state index contributed by atoms with van der Waals surface area (Å²) in [4.78, 5) is 12.7. The first-order valence-electron chi connectivity index (χ1n) is 9.85. The Labute approximate surface area is 165 Å². The molecule has 26 heavy (non-hydrogen) atoms. The third kappa shape index (κ3) is 4.15. The van der Waals surface area contributed by atoms with Gasteiger partial charge in [-0.15, -0.1) is 0 Å². The summed E-state index contributed by atoms with van der Waals surface area (Å²) in [6, 6.07) is 10.7. The van der Waals surface area contributed by atoms with E-state index in [1.807, 2.05) is 30.3 Å². The van der Waals surface area contributed by atoms with Crippen LogP contribution in [-0.2, 0) is 9.53 Å². The van der Waals surface area contributed by atoms with Gasteiger partial charge in [-0.2, -0.15) is 0 Å². The molecular formula is C21H31BrNO3+. The molecule has 2 heterocycles. The van der Waals surface area contributed by atoms with Crippen molar-refractivity contribution in [3.05, 3.63) is 35.9 Å². The van der Waals surface area contributed by atoms with Crippen LogP contribution in [0.2, 0.25) is 0 Å². The lowest BCUT2D eigenvalue weighted by Gasteiger charge is -2.47. The molecule has 0 aromatic heterocycles. The highest BCUT2D eigenvalue weighted by Crippen LogP contribution is 2.42. The first-order chi connectivity index (χ1) is 12.6. The van der Waals surface area contributed by atoms with Crippen LogP contribution in [0.5, 0.6) is 0 Å². The van der Waals surface area contributed by atoms with Crippen LogP contribution in [0.1, 0.15) is 50.0 Å². The van der Waals surface area contributed by atoms with Gasteiger partial charge in [-0.1, -0.05) is 46.3 Å². The van der Waals surface area contributed by atoms with E-state index in [1.165, 1.54) is 32.2 Å². The Morgan fingerprint density at radius 1 is 1.23 bits per heavy atom. The van der Waals surface area contributed by atoms with Crippen molar-refractivity contribution in [3.8, 4) is 0 Å². The zero-order valence-electron chi connectivity index (χ0n) is 15.6. The SMILES string of the molecule is C[N+]1(CCCCBr)[C@@H]2CC[C@H]1CC(OC(=O)[C@@H](CO)c1ccccc1)C2. The average Bonchev–Trinajstić information content (AvgIpc) is 2.81. The van der Waals surface area contributed by atoms with Gasteiger partial charge in [0.1, 0.15) is 12.0 Å². The maximum atomic E-state index is 12.7. The van der Waals surface area contributed by atoms with Crippen molar-refractivity contribution in [1.82, 2.24) is 0 Å². The highest BCUT2D eigenvalue weighted by Gasteiger charge is 2.52. The van der Waals surface area contributed by atoms with Crippen molar-refractivity contribution in [2.24, 2.45) is 0 Å². The molecule has 2 bridgehead atoms. The summed E-state index contributed by atoms with van der Waals surface area (Å²) in [7, 11) is 2.40. The van der Waals surface area contributed by atoms with Crippen molar-refractivity contribution < 1.29 is 19.1 Å². The zero-order chi connectivity index (χ0) is 18.6. The molecule has 0 spiro atoms. The Balaban J connectivity index is 1.60. The fourth-order valence-electron chi connectivity index (χ4n) is 4.95. The number of unbranched alkanes of at least 4 members (excludes halogenated alkanes) is 1. The molecule has 2 aliphatic heterocycles. The van der Waals surface area contributed by atoms with Gasteiger partial charge >= 0.3 is 5.97 Å². The van der Waals surface area contributed by atoms with Gasteiger partial charge in [0.25, 0.3) is 0 Å². The van der Waals surface area contributed by atoms with Gasteiger partial charge in [-0.05, 0) is 18.4 Å². The van der Waals surface area contributed by atoms with Crippen LogP contribution in [0, 0.1) is 0 Å². The maximum absolute atomic E-state index is 12.7. The Kier molecular flexibility index (Phi) is 6.76. The van der Waals surface area contributed by atoms with E-state index in [0.29, 0.717) is 12.1 Å². The minimum absolute atomic E-state index is 0.000127. The Morgan fingerprint density at radius 3 is 2.46 bits per heavy atom. The van der Waals surface area contributed by atoms with Crippen LogP contribution >= 0.6 is 15.9 Å². The smallest absolute Gasteiger partial charge is 0.316 e. The van der Waals surface area contributed by atoms with Gasteiger partial charge in [-0.3, -0.25) is 4.79 Å². The first-order valence-corrected chi connectivity index (χ1v) is 11.0. The van der Waals surface area contributed by atoms with Crippen molar-refractivity contribution >= 4 is 21.9 Å². The number of rotatable bonds is 8. The quantitative estimate of drug-likeness (QED) is 0.300. The summed E-state index contributed by atoms with van der Waals surface area (Å²) < 4.78 is 7.04. The standard InChI is InChI=1S/C21H31BrNO3/c1-23(12-6-5-11-22)17-9-10-18(23)14-19(13-17)26-21(25)20(15-24)16-7-3-2-4-8-16/h2-4,7-8,17-20,24H,5-6,9-15H2,1H3/q+1/t17-,18+,19?,20-,23?/m0/s1. The number of hydrogen-bond acceptors (Lipinski definition) is 3. The molecule has 5 atom stereocenters. The molecule has 0 radical (unpaired) electrons. The number of carbonyl (C=O) groups excluding carboxylic acids is 1. The highest BCUT2D eigenvalue weighted by molar-refractivity contribution is 9.09. The molecule has 2 aliphatic rings. The minimum Gasteiger partial charge on any atom is -0.461 e. The molecule has 0 amide bonds. The number of carbonyl (C=O) groups is 1. The molecule has 2 saturated heterocycles. The molecule has 0 aliphatic carbocycles. The third-order valence-electron chi connectivity index (χ3n) is 6.55. The van der Waals surface area contributed by atoms with Crippen LogP contribution in [0.3, 0.4) is 0 Å². The number of aliphatic hydroxyl groups is 1. The first kappa shape index (κ1) is 19.8. The van der Waals surface area contributed by atoms with E-state index in [0.717, 1.165) is 28.2 Å². The number of hydrogen-bond donors (Lipinski definition) is 1. The average molecular weight is 425 g/mol. The highest BCUT2D eigenvalue weighted by atomic mass is 79.9. The van der Waals surface area contributed by atoms with Crippen molar-refractivity contribution in [2.45, 2.75) is 62.6 Å². The Morgan fingerprint density at radius 2 is 1.88 bits per heavy atom. The van der Waals surface area contributed by atoms with E-state index in [9.17, 15) is 9.90 Å².